The van der Waals surface area contributed by atoms with Crippen LogP contribution in [0.15, 0.2) is 36.9 Å². The lowest BCUT2D eigenvalue weighted by Crippen LogP contribution is -2.27. The summed E-state index contributed by atoms with van der Waals surface area (Å²) in [6.07, 6.45) is 4.58. The number of allylic oxidation sites excluding steroid dienone is 1. The van der Waals surface area contributed by atoms with E-state index in [2.05, 4.69) is 74.5 Å². The van der Waals surface area contributed by atoms with Crippen molar-refractivity contribution in [3.63, 3.8) is 0 Å². The van der Waals surface area contributed by atoms with Crippen molar-refractivity contribution < 1.29 is 14.1 Å². The monoisotopic (exact) mass is 392 g/mol. The number of ether oxygens (including phenoxy) is 1. The summed E-state index contributed by atoms with van der Waals surface area (Å²) in [7, 11) is 0. The Labute approximate surface area is 168 Å². The number of hydrogen-bond acceptors (Lipinski definition) is 4. The van der Waals surface area contributed by atoms with Crippen molar-refractivity contribution in [2.45, 2.75) is 51.0 Å². The SMILES string of the molecule is C=CC1=[N+](CCCC(=O)OC(CCS)CCS)c2ccccc2C1(C)C. The lowest BCUT2D eigenvalue weighted by Gasteiger charge is -2.16. The maximum absolute atomic E-state index is 12.2. The van der Waals surface area contributed by atoms with Gasteiger partial charge in [-0.05, 0) is 44.3 Å². The van der Waals surface area contributed by atoms with Crippen molar-refractivity contribution in [3.05, 3.63) is 42.5 Å². The fourth-order valence-electron chi connectivity index (χ4n) is 3.63. The Morgan fingerprint density at radius 1 is 1.27 bits per heavy atom. The zero-order chi connectivity index (χ0) is 19.2. The molecule has 0 atom stereocenters. The summed E-state index contributed by atoms with van der Waals surface area (Å²) in [5.74, 6) is 1.29. The second kappa shape index (κ2) is 9.65. The molecule has 1 aliphatic heterocycles. The van der Waals surface area contributed by atoms with E-state index in [0.717, 1.165) is 25.8 Å². The summed E-state index contributed by atoms with van der Waals surface area (Å²) in [5, 5.41) is 0. The van der Waals surface area contributed by atoms with Crippen LogP contribution < -0.4 is 0 Å². The average Bonchev–Trinajstić information content (AvgIpc) is 2.82. The van der Waals surface area contributed by atoms with Crippen LogP contribution in [0.1, 0.15) is 45.1 Å². The highest BCUT2D eigenvalue weighted by Crippen LogP contribution is 2.39. The average molecular weight is 393 g/mol. The minimum Gasteiger partial charge on any atom is -0.462 e. The lowest BCUT2D eigenvalue weighted by atomic mass is 9.82. The third-order valence-electron chi connectivity index (χ3n) is 4.96. The van der Waals surface area contributed by atoms with E-state index in [-0.39, 0.29) is 17.5 Å². The fourth-order valence-corrected chi connectivity index (χ4v) is 4.20. The number of benzene rings is 1. The first kappa shape index (κ1) is 21.1. The molecular formula is C21H30NO2S2+. The van der Waals surface area contributed by atoms with Crippen LogP contribution in [0.5, 0.6) is 0 Å². The van der Waals surface area contributed by atoms with Crippen LogP contribution >= 0.6 is 25.3 Å². The predicted molar refractivity (Wildman–Crippen MR) is 116 cm³/mol. The van der Waals surface area contributed by atoms with Crippen LogP contribution in [0.4, 0.5) is 5.69 Å². The molecule has 26 heavy (non-hydrogen) atoms. The predicted octanol–water partition coefficient (Wildman–Crippen LogP) is 4.58. The first-order valence-electron chi connectivity index (χ1n) is 9.23. The minimum atomic E-state index is -0.134. The Hall–Kier alpha value is -1.20. The quantitative estimate of drug-likeness (QED) is 0.347. The number of para-hydroxylation sites is 1. The van der Waals surface area contributed by atoms with Crippen molar-refractivity contribution in [1.82, 2.24) is 0 Å². The topological polar surface area (TPSA) is 29.3 Å². The molecule has 1 heterocycles. The van der Waals surface area contributed by atoms with Gasteiger partial charge >= 0.3 is 5.97 Å². The molecule has 3 nitrogen and oxygen atoms in total. The molecule has 0 aromatic heterocycles. The molecule has 0 saturated carbocycles. The standard InChI is InChI=1S/C21H29NO2S2/c1-4-19-21(2,3)17-8-5-6-9-18(17)22(19)13-7-10-20(23)24-16(11-14-25)12-15-26/h4-6,8-9,16H,1,7,10-15H2,2-3H3,(H-,25,26)/p+1. The Morgan fingerprint density at radius 3 is 2.54 bits per heavy atom. The van der Waals surface area contributed by atoms with E-state index in [4.69, 9.17) is 4.74 Å². The summed E-state index contributed by atoms with van der Waals surface area (Å²) in [6.45, 7) is 9.23. The summed E-state index contributed by atoms with van der Waals surface area (Å²) in [5.41, 5.74) is 3.64. The Morgan fingerprint density at radius 2 is 1.92 bits per heavy atom. The Bertz CT molecular complexity index is 676. The minimum absolute atomic E-state index is 0.0664. The second-order valence-electron chi connectivity index (χ2n) is 7.12. The van der Waals surface area contributed by atoms with Crippen molar-refractivity contribution in [2.75, 3.05) is 18.1 Å². The molecular weight excluding hydrogens is 362 g/mol. The molecule has 5 heteroatoms. The van der Waals surface area contributed by atoms with E-state index in [1.165, 1.54) is 17.0 Å². The zero-order valence-electron chi connectivity index (χ0n) is 15.8. The lowest BCUT2D eigenvalue weighted by molar-refractivity contribution is -0.438. The van der Waals surface area contributed by atoms with Gasteiger partial charge in [-0.25, -0.2) is 0 Å². The molecule has 142 valence electrons. The zero-order valence-corrected chi connectivity index (χ0v) is 17.6. The van der Waals surface area contributed by atoms with Gasteiger partial charge < -0.3 is 4.74 Å². The molecule has 0 radical (unpaired) electrons. The number of carbonyl (C=O) groups excluding carboxylic acids is 1. The van der Waals surface area contributed by atoms with Gasteiger partial charge in [0.25, 0.3) is 0 Å². The molecule has 2 rings (SSSR count). The third-order valence-corrected chi connectivity index (χ3v) is 5.47. The van der Waals surface area contributed by atoms with Gasteiger partial charge in [-0.3, -0.25) is 4.79 Å². The van der Waals surface area contributed by atoms with Gasteiger partial charge in [-0.2, -0.15) is 29.8 Å². The van der Waals surface area contributed by atoms with Crippen molar-refractivity contribution in [3.8, 4) is 0 Å². The molecule has 0 amide bonds. The van der Waals surface area contributed by atoms with Crippen LogP contribution in [0, 0.1) is 0 Å². The Balaban J connectivity index is 2.00. The molecule has 1 aromatic carbocycles. The van der Waals surface area contributed by atoms with E-state index in [1.54, 1.807) is 0 Å². The Kier molecular flexibility index (Phi) is 7.84. The van der Waals surface area contributed by atoms with Gasteiger partial charge in [0, 0.05) is 18.1 Å². The van der Waals surface area contributed by atoms with E-state index >= 15 is 0 Å². The normalized spacial score (nSPS) is 15.3. The largest absolute Gasteiger partial charge is 0.462 e. The van der Waals surface area contributed by atoms with Gasteiger partial charge in [0.05, 0.1) is 11.8 Å². The van der Waals surface area contributed by atoms with Crippen molar-refractivity contribution in [1.29, 1.82) is 0 Å². The van der Waals surface area contributed by atoms with E-state index in [9.17, 15) is 4.79 Å². The molecule has 0 saturated heterocycles. The van der Waals surface area contributed by atoms with Gasteiger partial charge in [0.1, 0.15) is 12.6 Å². The number of thiol groups is 2. The smallest absolute Gasteiger partial charge is 0.306 e. The number of carbonyl (C=O) groups is 1. The number of esters is 1. The van der Waals surface area contributed by atoms with Gasteiger partial charge in [-0.1, -0.05) is 24.8 Å². The number of fused-ring (bicyclic) bond motifs is 1. The molecule has 0 N–H and O–H groups in total. The number of hydrogen-bond donors (Lipinski definition) is 2. The maximum atomic E-state index is 12.2. The van der Waals surface area contributed by atoms with Crippen LogP contribution in [-0.2, 0) is 14.9 Å². The van der Waals surface area contributed by atoms with E-state index in [1.807, 2.05) is 6.08 Å². The summed E-state index contributed by atoms with van der Waals surface area (Å²) >= 11 is 8.47. The van der Waals surface area contributed by atoms with Crippen LogP contribution in [0.25, 0.3) is 0 Å². The van der Waals surface area contributed by atoms with Gasteiger partial charge in [0.15, 0.2) is 5.71 Å². The second-order valence-corrected chi connectivity index (χ2v) is 8.02. The maximum Gasteiger partial charge on any atom is 0.306 e. The van der Waals surface area contributed by atoms with Crippen LogP contribution in [0.2, 0.25) is 0 Å². The van der Waals surface area contributed by atoms with Gasteiger partial charge in [0.2, 0.25) is 5.69 Å². The van der Waals surface area contributed by atoms with Crippen molar-refractivity contribution in [2.24, 2.45) is 0 Å². The molecule has 1 aromatic rings. The van der Waals surface area contributed by atoms with Crippen LogP contribution in [-0.4, -0.2) is 40.4 Å². The molecule has 0 unspecified atom stereocenters. The third kappa shape index (κ3) is 4.74. The molecule has 0 aliphatic carbocycles. The van der Waals surface area contributed by atoms with Gasteiger partial charge in [-0.15, -0.1) is 0 Å². The summed E-state index contributed by atoms with van der Waals surface area (Å²) < 4.78 is 7.86. The van der Waals surface area contributed by atoms with Crippen molar-refractivity contribution >= 4 is 42.6 Å². The first-order chi connectivity index (χ1) is 12.5. The number of rotatable bonds is 10. The summed E-state index contributed by atoms with van der Waals surface area (Å²) in [4.78, 5) is 12.2. The molecule has 0 fully saturated rings. The molecule has 0 bridgehead atoms. The highest BCUT2D eigenvalue weighted by Gasteiger charge is 2.43. The highest BCUT2D eigenvalue weighted by atomic mass is 32.1. The van der Waals surface area contributed by atoms with E-state index in [0.29, 0.717) is 17.9 Å². The highest BCUT2D eigenvalue weighted by molar-refractivity contribution is 7.80. The van der Waals surface area contributed by atoms with E-state index < -0.39 is 0 Å². The fraction of sp³-hybridized carbons (Fsp3) is 0.524. The first-order valence-corrected chi connectivity index (χ1v) is 10.5. The van der Waals surface area contributed by atoms with Crippen LogP contribution in [0.3, 0.4) is 0 Å². The molecule has 1 aliphatic rings. The summed E-state index contributed by atoms with van der Waals surface area (Å²) in [6, 6.07) is 8.45. The number of nitrogens with zero attached hydrogens (tertiary/aromatic N) is 1. The molecule has 0 spiro atoms.